The Morgan fingerprint density at radius 2 is 0.529 bits per heavy atom. The fourth-order valence-corrected chi connectivity index (χ4v) is 8.75. The molecule has 0 N–H and O–H groups in total. The molecule has 0 spiro atoms. The zero-order valence-corrected chi connectivity index (χ0v) is 46.5. The van der Waals surface area contributed by atoms with E-state index in [4.69, 9.17) is 14.2 Å². The molecule has 6 heteroatoms. The van der Waals surface area contributed by atoms with Crippen molar-refractivity contribution in [2.75, 3.05) is 13.2 Å². The summed E-state index contributed by atoms with van der Waals surface area (Å²) in [6.45, 7) is 6.62. The van der Waals surface area contributed by atoms with Crippen LogP contribution in [0.2, 0.25) is 0 Å². The first-order chi connectivity index (χ1) is 34.5. The van der Waals surface area contributed by atoms with E-state index in [1.807, 2.05) is 0 Å². The second-order valence-electron chi connectivity index (χ2n) is 20.4. The number of rotatable bonds is 55. The van der Waals surface area contributed by atoms with Gasteiger partial charge in [0.25, 0.3) is 0 Å². The Hall–Kier alpha value is -2.89. The minimum absolute atomic E-state index is 0.0825. The minimum Gasteiger partial charge on any atom is -0.462 e. The van der Waals surface area contributed by atoms with Gasteiger partial charge in [-0.25, -0.2) is 0 Å². The summed E-state index contributed by atoms with van der Waals surface area (Å²) < 4.78 is 16.9. The van der Waals surface area contributed by atoms with Gasteiger partial charge in [0, 0.05) is 19.3 Å². The van der Waals surface area contributed by atoms with E-state index in [9.17, 15) is 14.4 Å². The van der Waals surface area contributed by atoms with E-state index in [1.54, 1.807) is 0 Å². The molecule has 6 nitrogen and oxygen atoms in total. The smallest absolute Gasteiger partial charge is 0.306 e. The highest BCUT2D eigenvalue weighted by atomic mass is 16.6. The maximum atomic E-state index is 12.9. The van der Waals surface area contributed by atoms with Crippen molar-refractivity contribution in [2.24, 2.45) is 0 Å². The van der Waals surface area contributed by atoms with Crippen LogP contribution < -0.4 is 0 Å². The second kappa shape index (κ2) is 58.7. The highest BCUT2D eigenvalue weighted by molar-refractivity contribution is 5.71. The summed E-state index contributed by atoms with van der Waals surface area (Å²) in [4.78, 5) is 38.2. The van der Waals surface area contributed by atoms with Crippen LogP contribution in [0.4, 0.5) is 0 Å². The summed E-state index contributed by atoms with van der Waals surface area (Å²) in [6, 6.07) is 0. The summed E-state index contributed by atoms with van der Waals surface area (Å²) in [5.41, 5.74) is 0. The van der Waals surface area contributed by atoms with Crippen LogP contribution in [0.3, 0.4) is 0 Å². The van der Waals surface area contributed by atoms with Gasteiger partial charge in [-0.3, -0.25) is 14.4 Å². The van der Waals surface area contributed by atoms with Gasteiger partial charge in [0.05, 0.1) is 0 Å². The van der Waals surface area contributed by atoms with E-state index in [1.165, 1.54) is 186 Å². The Morgan fingerprint density at radius 1 is 0.286 bits per heavy atom. The molecule has 1 atom stereocenters. The monoisotopic (exact) mass is 979 g/mol. The van der Waals surface area contributed by atoms with E-state index in [-0.39, 0.29) is 31.1 Å². The van der Waals surface area contributed by atoms with Crippen LogP contribution in [-0.2, 0) is 28.6 Å². The van der Waals surface area contributed by atoms with Crippen molar-refractivity contribution in [1.29, 1.82) is 0 Å². The summed E-state index contributed by atoms with van der Waals surface area (Å²) in [7, 11) is 0. The van der Waals surface area contributed by atoms with Gasteiger partial charge >= 0.3 is 17.9 Å². The maximum absolute atomic E-state index is 12.9. The van der Waals surface area contributed by atoms with Gasteiger partial charge in [-0.05, 0) is 70.6 Å². The van der Waals surface area contributed by atoms with E-state index >= 15 is 0 Å². The number of unbranched alkanes of at least 4 members (excludes halogenated alkanes) is 37. The zero-order chi connectivity index (χ0) is 50.7. The Kier molecular flexibility index (Phi) is 56.3. The molecule has 70 heavy (non-hydrogen) atoms. The molecule has 0 aromatic heterocycles. The zero-order valence-electron chi connectivity index (χ0n) is 46.5. The quantitative estimate of drug-likeness (QED) is 0.0199. The molecule has 0 saturated carbocycles. The van der Waals surface area contributed by atoms with Gasteiger partial charge in [-0.1, -0.05) is 281 Å². The molecule has 0 aliphatic carbocycles. The van der Waals surface area contributed by atoms with Crippen LogP contribution in [-0.4, -0.2) is 37.2 Å². The van der Waals surface area contributed by atoms with Gasteiger partial charge in [0.15, 0.2) is 6.10 Å². The van der Waals surface area contributed by atoms with E-state index in [0.29, 0.717) is 19.3 Å². The van der Waals surface area contributed by atoms with E-state index in [2.05, 4.69) is 81.5 Å². The molecule has 0 radical (unpaired) electrons. The normalized spacial score (nSPS) is 12.4. The van der Waals surface area contributed by atoms with Crippen molar-refractivity contribution in [3.8, 4) is 0 Å². The molecule has 1 unspecified atom stereocenters. The van der Waals surface area contributed by atoms with Crippen LogP contribution in [0.25, 0.3) is 0 Å². The van der Waals surface area contributed by atoms with Crippen molar-refractivity contribution in [2.45, 2.75) is 316 Å². The SMILES string of the molecule is CCCCC\C=C/C=C\C=C/C=C\CCCCCCCC(=O)OC(COC(=O)CCCCCCCCC/C=C\CCCCCCCCCC)COC(=O)CCCCCCCCCCCCCCCCC. The molecule has 0 fully saturated rings. The first kappa shape index (κ1) is 67.1. The molecular formula is C64H114O6. The summed E-state index contributed by atoms with van der Waals surface area (Å²) >= 11 is 0. The summed E-state index contributed by atoms with van der Waals surface area (Å²) in [6.07, 6.45) is 73.5. The van der Waals surface area contributed by atoms with Crippen LogP contribution in [0.15, 0.2) is 60.8 Å². The Balaban J connectivity index is 4.41. The van der Waals surface area contributed by atoms with Gasteiger partial charge in [-0.15, -0.1) is 0 Å². The highest BCUT2D eigenvalue weighted by Crippen LogP contribution is 2.16. The van der Waals surface area contributed by atoms with E-state index in [0.717, 1.165) is 83.5 Å². The third-order valence-electron chi connectivity index (χ3n) is 13.3. The van der Waals surface area contributed by atoms with Crippen molar-refractivity contribution in [3.05, 3.63) is 60.8 Å². The maximum Gasteiger partial charge on any atom is 0.306 e. The number of hydrogen-bond donors (Lipinski definition) is 0. The predicted molar refractivity (Wildman–Crippen MR) is 302 cm³/mol. The summed E-state index contributed by atoms with van der Waals surface area (Å²) in [5, 5.41) is 0. The van der Waals surface area contributed by atoms with Crippen LogP contribution >= 0.6 is 0 Å². The van der Waals surface area contributed by atoms with Crippen molar-refractivity contribution < 1.29 is 28.6 Å². The van der Waals surface area contributed by atoms with Crippen molar-refractivity contribution in [3.63, 3.8) is 0 Å². The third kappa shape index (κ3) is 56.0. The lowest BCUT2D eigenvalue weighted by molar-refractivity contribution is -0.167. The number of allylic oxidation sites excluding steroid dienone is 10. The topological polar surface area (TPSA) is 78.9 Å². The molecule has 0 saturated heterocycles. The fraction of sp³-hybridized carbons (Fsp3) is 0.797. The lowest BCUT2D eigenvalue weighted by Crippen LogP contribution is -2.30. The van der Waals surface area contributed by atoms with E-state index < -0.39 is 6.10 Å². The number of carbonyl (C=O) groups is 3. The molecule has 0 heterocycles. The molecule has 0 amide bonds. The second-order valence-corrected chi connectivity index (χ2v) is 20.4. The standard InChI is InChI=1S/C64H114O6/c1-4-7-10-13-16-19-22-25-28-30-32-34-36-39-42-45-48-51-54-57-63(66)69-60-61(59-68-62(65)56-53-50-47-44-41-38-35-27-24-21-18-15-12-9-6-3)70-64(67)58-55-52-49-46-43-40-37-33-31-29-26-23-20-17-14-11-8-5-2/h17,20,23,26,29-33,37,61H,4-16,18-19,21-22,24-25,27-28,34-36,38-60H2,1-3H3/b20-17-,26-23-,31-29-,32-30-,37-33-. The first-order valence-electron chi connectivity index (χ1n) is 30.3. The molecular weight excluding hydrogens is 865 g/mol. The summed E-state index contributed by atoms with van der Waals surface area (Å²) in [5.74, 6) is -0.895. The largest absolute Gasteiger partial charge is 0.462 e. The van der Waals surface area contributed by atoms with Crippen LogP contribution in [0, 0.1) is 0 Å². The Labute approximate surface area is 434 Å². The lowest BCUT2D eigenvalue weighted by Gasteiger charge is -2.18. The van der Waals surface area contributed by atoms with Crippen molar-refractivity contribution >= 4 is 17.9 Å². The third-order valence-corrected chi connectivity index (χ3v) is 13.3. The molecule has 0 aromatic carbocycles. The van der Waals surface area contributed by atoms with Crippen LogP contribution in [0.5, 0.6) is 0 Å². The average Bonchev–Trinajstić information content (AvgIpc) is 3.36. The molecule has 406 valence electrons. The number of esters is 3. The fourth-order valence-electron chi connectivity index (χ4n) is 8.75. The van der Waals surface area contributed by atoms with Crippen molar-refractivity contribution in [1.82, 2.24) is 0 Å². The predicted octanol–water partition coefficient (Wildman–Crippen LogP) is 20.4. The van der Waals surface area contributed by atoms with Crippen LogP contribution in [0.1, 0.15) is 310 Å². The van der Waals surface area contributed by atoms with Gasteiger partial charge in [0.1, 0.15) is 13.2 Å². The Morgan fingerprint density at radius 3 is 0.871 bits per heavy atom. The lowest BCUT2D eigenvalue weighted by atomic mass is 10.0. The first-order valence-corrected chi connectivity index (χ1v) is 30.3. The highest BCUT2D eigenvalue weighted by Gasteiger charge is 2.19. The average molecular weight is 980 g/mol. The molecule has 0 aromatic rings. The number of carbonyl (C=O) groups excluding carboxylic acids is 3. The van der Waals surface area contributed by atoms with Gasteiger partial charge in [-0.2, -0.15) is 0 Å². The molecule has 0 bridgehead atoms. The Bertz CT molecular complexity index is 1260. The molecule has 0 aliphatic heterocycles. The minimum atomic E-state index is -0.787. The number of ether oxygens (including phenoxy) is 3. The molecule has 0 rings (SSSR count). The van der Waals surface area contributed by atoms with Gasteiger partial charge in [0.2, 0.25) is 0 Å². The number of hydrogen-bond acceptors (Lipinski definition) is 6. The molecule has 0 aliphatic rings. The van der Waals surface area contributed by atoms with Gasteiger partial charge < -0.3 is 14.2 Å².